The van der Waals surface area contributed by atoms with Crippen molar-refractivity contribution in [3.05, 3.63) is 35.9 Å². The molecule has 0 radical (unpaired) electrons. The number of aliphatic hydroxyl groups excluding tert-OH is 1. The van der Waals surface area contributed by atoms with Crippen LogP contribution in [-0.2, 0) is 9.45 Å². The van der Waals surface area contributed by atoms with Gasteiger partial charge in [-0.15, -0.1) is 0 Å². The summed E-state index contributed by atoms with van der Waals surface area (Å²) in [6.45, 7) is 0. The summed E-state index contributed by atoms with van der Waals surface area (Å²) in [6.07, 6.45) is -0.700. The van der Waals surface area contributed by atoms with Crippen LogP contribution in [0, 0.1) is 0 Å². The highest BCUT2D eigenvalue weighted by molar-refractivity contribution is 6.45. The molecule has 8 heteroatoms. The molecule has 1 unspecified atom stereocenters. The van der Waals surface area contributed by atoms with Gasteiger partial charge >= 0.3 is 13.1 Å². The summed E-state index contributed by atoms with van der Waals surface area (Å²) in [5, 5.41) is 31.7. The van der Waals surface area contributed by atoms with Gasteiger partial charge in [0, 0.05) is 5.94 Å². The molecule has 0 amide bonds. The molecule has 2 rings (SSSR count). The van der Waals surface area contributed by atoms with Gasteiger partial charge in [0.05, 0.1) is 18.6 Å². The van der Waals surface area contributed by atoms with Crippen molar-refractivity contribution < 1.29 is 24.7 Å². The first-order chi connectivity index (χ1) is 10.5. The van der Waals surface area contributed by atoms with Gasteiger partial charge < -0.3 is 25.6 Å². The number of rotatable bonds is 6. The molecule has 1 fully saturated rings. The molecule has 22 heavy (non-hydrogen) atoms. The Morgan fingerprint density at radius 2 is 2.09 bits per heavy atom. The van der Waals surface area contributed by atoms with E-state index < -0.39 is 37.4 Å². The van der Waals surface area contributed by atoms with E-state index in [9.17, 15) is 14.9 Å². The van der Waals surface area contributed by atoms with Gasteiger partial charge in [-0.1, -0.05) is 30.3 Å². The van der Waals surface area contributed by atoms with Gasteiger partial charge in [0.2, 0.25) is 0 Å². The Balaban J connectivity index is 1.87. The Labute approximate surface area is 129 Å². The van der Waals surface area contributed by atoms with Crippen LogP contribution in [0.1, 0.15) is 30.9 Å². The van der Waals surface area contributed by atoms with Crippen molar-refractivity contribution in [1.29, 1.82) is 0 Å². The van der Waals surface area contributed by atoms with Crippen LogP contribution in [-0.4, -0.2) is 46.6 Å². The van der Waals surface area contributed by atoms with E-state index in [1.165, 1.54) is 0 Å². The van der Waals surface area contributed by atoms with Crippen LogP contribution in [0.5, 0.6) is 0 Å². The van der Waals surface area contributed by atoms with E-state index in [0.717, 1.165) is 5.56 Å². The van der Waals surface area contributed by atoms with Crippen LogP contribution in [0.25, 0.3) is 0 Å². The first-order valence-corrected chi connectivity index (χ1v) is 7.27. The number of carboxylic acids is 1. The number of nitrogens with one attached hydrogen (secondary N) is 1. The van der Waals surface area contributed by atoms with Gasteiger partial charge in [0.25, 0.3) is 0 Å². The van der Waals surface area contributed by atoms with Crippen LogP contribution in [0.3, 0.4) is 0 Å². The SMILES string of the molecule is N[C@@H](c1ccccc1)C(O)N[C@H]1CC[C@@H](CC(=O)O)OB1O. The fourth-order valence-electron chi connectivity index (χ4n) is 2.56. The highest BCUT2D eigenvalue weighted by Crippen LogP contribution is 2.20. The van der Waals surface area contributed by atoms with Gasteiger partial charge in [-0.05, 0) is 18.4 Å². The number of hydrogen-bond acceptors (Lipinski definition) is 6. The lowest BCUT2D eigenvalue weighted by Gasteiger charge is -2.33. The van der Waals surface area contributed by atoms with Crippen molar-refractivity contribution in [1.82, 2.24) is 5.32 Å². The maximum Gasteiger partial charge on any atom is 0.472 e. The van der Waals surface area contributed by atoms with Gasteiger partial charge in [0.15, 0.2) is 0 Å². The second-order valence-corrected chi connectivity index (χ2v) is 5.48. The van der Waals surface area contributed by atoms with E-state index in [0.29, 0.717) is 12.8 Å². The van der Waals surface area contributed by atoms with Crippen molar-refractivity contribution >= 4 is 13.1 Å². The molecule has 4 atom stereocenters. The molecular formula is C14H21BN2O5. The monoisotopic (exact) mass is 308 g/mol. The molecule has 1 aliphatic heterocycles. The Hall–Kier alpha value is -1.45. The van der Waals surface area contributed by atoms with Crippen LogP contribution in [0.15, 0.2) is 30.3 Å². The third-order valence-electron chi connectivity index (χ3n) is 3.79. The molecule has 6 N–H and O–H groups in total. The van der Waals surface area contributed by atoms with Crippen molar-refractivity contribution in [3.8, 4) is 0 Å². The van der Waals surface area contributed by atoms with Crippen molar-refractivity contribution in [2.45, 2.75) is 43.6 Å². The summed E-state index contributed by atoms with van der Waals surface area (Å²) in [6, 6.07) is 8.51. The van der Waals surface area contributed by atoms with Crippen LogP contribution < -0.4 is 11.1 Å². The normalized spacial score (nSPS) is 24.8. The summed E-state index contributed by atoms with van der Waals surface area (Å²) in [4.78, 5) is 10.6. The molecule has 7 nitrogen and oxygen atoms in total. The summed E-state index contributed by atoms with van der Waals surface area (Å²) >= 11 is 0. The van der Waals surface area contributed by atoms with Crippen molar-refractivity contribution in [2.24, 2.45) is 5.73 Å². The molecule has 1 aromatic carbocycles. The average molecular weight is 308 g/mol. The van der Waals surface area contributed by atoms with Gasteiger partial charge in [-0.25, -0.2) is 0 Å². The van der Waals surface area contributed by atoms with Crippen LogP contribution in [0.4, 0.5) is 0 Å². The molecule has 1 aromatic rings. The molecule has 0 bridgehead atoms. The molecule has 1 aliphatic rings. The maximum absolute atomic E-state index is 10.6. The van der Waals surface area contributed by atoms with Gasteiger partial charge in [-0.3, -0.25) is 10.1 Å². The van der Waals surface area contributed by atoms with Gasteiger partial charge in [-0.2, -0.15) is 0 Å². The zero-order valence-electron chi connectivity index (χ0n) is 12.1. The summed E-state index contributed by atoms with van der Waals surface area (Å²) in [5.74, 6) is -1.45. The molecule has 0 aromatic heterocycles. The minimum Gasteiger partial charge on any atom is -0.481 e. The Kier molecular flexibility index (Phi) is 5.93. The minimum absolute atomic E-state index is 0.143. The zero-order valence-corrected chi connectivity index (χ0v) is 12.1. The number of hydrogen-bond donors (Lipinski definition) is 5. The summed E-state index contributed by atoms with van der Waals surface area (Å²) in [5.41, 5.74) is 6.76. The highest BCUT2D eigenvalue weighted by atomic mass is 16.5. The van der Waals surface area contributed by atoms with Crippen molar-refractivity contribution in [2.75, 3.05) is 0 Å². The van der Waals surface area contributed by atoms with E-state index in [1.807, 2.05) is 30.3 Å². The lowest BCUT2D eigenvalue weighted by Crippen LogP contribution is -2.56. The fourth-order valence-corrected chi connectivity index (χ4v) is 2.56. The molecule has 0 aliphatic carbocycles. The largest absolute Gasteiger partial charge is 0.481 e. The van der Waals surface area contributed by atoms with Gasteiger partial charge in [0.1, 0.15) is 6.23 Å². The second kappa shape index (κ2) is 7.71. The summed E-state index contributed by atoms with van der Waals surface area (Å²) < 4.78 is 5.26. The van der Waals surface area contributed by atoms with Crippen molar-refractivity contribution in [3.63, 3.8) is 0 Å². The number of carbonyl (C=O) groups is 1. The highest BCUT2D eigenvalue weighted by Gasteiger charge is 2.37. The molecular weight excluding hydrogens is 287 g/mol. The quantitative estimate of drug-likeness (QED) is 0.359. The fraction of sp³-hybridized carbons (Fsp3) is 0.500. The molecule has 1 saturated heterocycles. The third-order valence-corrected chi connectivity index (χ3v) is 3.79. The molecule has 120 valence electrons. The first-order valence-electron chi connectivity index (χ1n) is 7.27. The van der Waals surface area contributed by atoms with E-state index >= 15 is 0 Å². The van der Waals surface area contributed by atoms with Crippen LogP contribution in [0.2, 0.25) is 0 Å². The standard InChI is InChI=1S/C14H21BN2O5/c16-13(9-4-2-1-3-5-9)14(20)17-11-7-6-10(8-12(18)19)22-15(11)21/h1-5,10-11,13-14,17,20-21H,6-8,16H2,(H,18,19)/t10-,11-,13-,14?/m0/s1. The lowest BCUT2D eigenvalue weighted by molar-refractivity contribution is -0.139. The predicted molar refractivity (Wildman–Crippen MR) is 80.6 cm³/mol. The zero-order chi connectivity index (χ0) is 16.1. The Morgan fingerprint density at radius 1 is 1.41 bits per heavy atom. The van der Waals surface area contributed by atoms with E-state index in [4.69, 9.17) is 15.5 Å². The maximum atomic E-state index is 10.6. The first kappa shape index (κ1) is 16.9. The predicted octanol–water partition coefficient (Wildman–Crippen LogP) is -0.364. The smallest absolute Gasteiger partial charge is 0.472 e. The lowest BCUT2D eigenvalue weighted by atomic mass is 9.72. The van der Waals surface area contributed by atoms with E-state index in [-0.39, 0.29) is 6.42 Å². The second-order valence-electron chi connectivity index (χ2n) is 5.48. The van der Waals surface area contributed by atoms with E-state index in [1.54, 1.807) is 0 Å². The number of aliphatic carboxylic acids is 1. The number of benzene rings is 1. The minimum atomic E-state index is -1.17. The Morgan fingerprint density at radius 3 is 2.68 bits per heavy atom. The van der Waals surface area contributed by atoms with Crippen LogP contribution >= 0.6 is 0 Å². The van der Waals surface area contributed by atoms with E-state index in [2.05, 4.69) is 5.32 Å². The number of nitrogens with two attached hydrogens (primary N) is 1. The number of carboxylic acid groups (broad SMARTS) is 1. The average Bonchev–Trinajstić information content (AvgIpc) is 2.49. The topological polar surface area (TPSA) is 125 Å². The molecule has 0 spiro atoms. The third kappa shape index (κ3) is 4.52. The molecule has 1 heterocycles. The Bertz CT molecular complexity index is 489. The number of aliphatic hydroxyl groups is 1. The summed E-state index contributed by atoms with van der Waals surface area (Å²) in [7, 11) is -1.17. The molecule has 0 saturated carbocycles.